The molecule has 0 aliphatic heterocycles. The van der Waals surface area contributed by atoms with Gasteiger partial charge in [0.05, 0.1) is 21.4 Å². The van der Waals surface area contributed by atoms with E-state index in [2.05, 4.69) is 15.6 Å². The zero-order valence-electron chi connectivity index (χ0n) is 10.4. The first-order valence-corrected chi connectivity index (χ1v) is 6.32. The van der Waals surface area contributed by atoms with Gasteiger partial charge in [0.15, 0.2) is 5.69 Å². The Bertz CT molecular complexity index is 704. The summed E-state index contributed by atoms with van der Waals surface area (Å²) < 4.78 is 1.34. The fourth-order valence-corrected chi connectivity index (χ4v) is 1.89. The molecule has 0 saturated carbocycles. The van der Waals surface area contributed by atoms with Gasteiger partial charge in [-0.05, 0) is 19.1 Å². The number of amides is 1. The van der Waals surface area contributed by atoms with Crippen LogP contribution in [0.5, 0.6) is 0 Å². The number of aromatic nitrogens is 3. The van der Waals surface area contributed by atoms with Gasteiger partial charge < -0.3 is 5.32 Å². The van der Waals surface area contributed by atoms with Crippen LogP contribution >= 0.6 is 23.2 Å². The molecule has 102 valence electrons. The van der Waals surface area contributed by atoms with E-state index in [0.29, 0.717) is 16.4 Å². The normalized spacial score (nSPS) is 10.1. The number of nitrogens with zero attached hydrogens (tertiary/aromatic N) is 4. The van der Waals surface area contributed by atoms with E-state index < -0.39 is 0 Å². The van der Waals surface area contributed by atoms with Crippen molar-refractivity contribution in [3.05, 3.63) is 39.6 Å². The van der Waals surface area contributed by atoms with Gasteiger partial charge in [-0.3, -0.25) is 4.79 Å². The maximum atomic E-state index is 11.9. The number of rotatable bonds is 3. The van der Waals surface area contributed by atoms with E-state index in [-0.39, 0.29) is 23.2 Å². The third-order valence-electron chi connectivity index (χ3n) is 2.61. The Hall–Kier alpha value is -2.10. The summed E-state index contributed by atoms with van der Waals surface area (Å²) >= 11 is 11.8. The lowest BCUT2D eigenvalue weighted by atomic mass is 10.3. The van der Waals surface area contributed by atoms with Crippen LogP contribution < -0.4 is 5.32 Å². The van der Waals surface area contributed by atoms with E-state index in [9.17, 15) is 4.79 Å². The third-order valence-corrected chi connectivity index (χ3v) is 3.43. The first kappa shape index (κ1) is 14.3. The quantitative estimate of drug-likeness (QED) is 0.943. The highest BCUT2D eigenvalue weighted by atomic mass is 35.5. The number of carbonyl (C=O) groups is 1. The lowest BCUT2D eigenvalue weighted by molar-refractivity contribution is -0.117. The van der Waals surface area contributed by atoms with Crippen LogP contribution in [0.15, 0.2) is 18.2 Å². The molecule has 2 aromatic rings. The molecule has 8 heteroatoms. The number of hydrogen-bond acceptors (Lipinski definition) is 4. The molecular weight excluding hydrogens is 301 g/mol. The third kappa shape index (κ3) is 2.90. The molecule has 1 N–H and O–H groups in total. The summed E-state index contributed by atoms with van der Waals surface area (Å²) in [7, 11) is 0. The monoisotopic (exact) mass is 309 g/mol. The van der Waals surface area contributed by atoms with Crippen LogP contribution in [0.1, 0.15) is 11.4 Å². The summed E-state index contributed by atoms with van der Waals surface area (Å²) in [6.45, 7) is 1.60. The average molecular weight is 310 g/mol. The summed E-state index contributed by atoms with van der Waals surface area (Å²) in [5.74, 6) is -0.341. The number of anilines is 1. The van der Waals surface area contributed by atoms with Gasteiger partial charge in [-0.2, -0.15) is 5.26 Å². The van der Waals surface area contributed by atoms with Crippen LogP contribution in [-0.4, -0.2) is 20.9 Å². The predicted molar refractivity (Wildman–Crippen MR) is 74.6 cm³/mol. The molecule has 0 atom stereocenters. The molecule has 1 amide bonds. The second-order valence-corrected chi connectivity index (χ2v) is 4.73. The van der Waals surface area contributed by atoms with Crippen LogP contribution in [0.4, 0.5) is 5.69 Å². The minimum Gasteiger partial charge on any atom is -0.323 e. The Balaban J connectivity index is 2.11. The van der Waals surface area contributed by atoms with Crippen molar-refractivity contribution in [3.8, 4) is 6.07 Å². The summed E-state index contributed by atoms with van der Waals surface area (Å²) in [5.41, 5.74) is 1.14. The smallest absolute Gasteiger partial charge is 0.246 e. The number of benzene rings is 1. The summed E-state index contributed by atoms with van der Waals surface area (Å²) in [4.78, 5) is 11.9. The zero-order valence-corrected chi connectivity index (χ0v) is 11.9. The van der Waals surface area contributed by atoms with Gasteiger partial charge in [0.2, 0.25) is 5.91 Å². The molecule has 0 unspecified atom stereocenters. The first-order valence-electron chi connectivity index (χ1n) is 5.57. The second kappa shape index (κ2) is 5.90. The Morgan fingerprint density at radius 1 is 1.50 bits per heavy atom. The maximum absolute atomic E-state index is 11.9. The standard InChI is InChI=1S/C12H9Cl2N5O/c1-7-10(5-15)17-18-19(7)6-11(20)16-9-4-2-3-8(13)12(9)14/h2-4H,6H2,1H3,(H,16,20). The fourth-order valence-electron chi connectivity index (χ4n) is 1.54. The van der Waals surface area contributed by atoms with Gasteiger partial charge in [-0.25, -0.2) is 4.68 Å². The van der Waals surface area contributed by atoms with Crippen LogP contribution in [0.2, 0.25) is 10.0 Å². The van der Waals surface area contributed by atoms with Crippen molar-refractivity contribution in [2.24, 2.45) is 0 Å². The van der Waals surface area contributed by atoms with Crippen LogP contribution in [0, 0.1) is 18.3 Å². The van der Waals surface area contributed by atoms with Crippen molar-refractivity contribution >= 4 is 34.8 Å². The SMILES string of the molecule is Cc1c(C#N)nnn1CC(=O)Nc1cccc(Cl)c1Cl. The van der Waals surface area contributed by atoms with E-state index in [1.807, 2.05) is 6.07 Å². The first-order chi connectivity index (χ1) is 9.52. The topological polar surface area (TPSA) is 83.6 Å². The summed E-state index contributed by atoms with van der Waals surface area (Å²) in [6, 6.07) is 6.83. The van der Waals surface area contributed by atoms with Gasteiger partial charge >= 0.3 is 0 Å². The molecule has 0 radical (unpaired) electrons. The number of halogens is 2. The number of carbonyl (C=O) groups excluding carboxylic acids is 1. The Labute approximate surface area is 124 Å². The molecule has 0 aliphatic carbocycles. The van der Waals surface area contributed by atoms with Gasteiger partial charge in [-0.15, -0.1) is 5.10 Å². The molecule has 1 aromatic heterocycles. The van der Waals surface area contributed by atoms with E-state index in [1.165, 1.54) is 4.68 Å². The van der Waals surface area contributed by atoms with E-state index in [4.69, 9.17) is 28.5 Å². The van der Waals surface area contributed by atoms with Crippen molar-refractivity contribution in [2.75, 3.05) is 5.32 Å². The van der Waals surface area contributed by atoms with E-state index in [0.717, 1.165) is 0 Å². The van der Waals surface area contributed by atoms with Crippen LogP contribution in [0.3, 0.4) is 0 Å². The molecule has 2 rings (SSSR count). The number of hydrogen-bond donors (Lipinski definition) is 1. The van der Waals surface area contributed by atoms with Gasteiger partial charge in [-0.1, -0.05) is 34.5 Å². The van der Waals surface area contributed by atoms with Crippen molar-refractivity contribution in [3.63, 3.8) is 0 Å². The molecule has 0 saturated heterocycles. The molecular formula is C12H9Cl2N5O. The molecule has 6 nitrogen and oxygen atoms in total. The second-order valence-electron chi connectivity index (χ2n) is 3.94. The summed E-state index contributed by atoms with van der Waals surface area (Å²) in [6.07, 6.45) is 0. The molecule has 0 fully saturated rings. The van der Waals surface area contributed by atoms with Crippen LogP contribution in [-0.2, 0) is 11.3 Å². The largest absolute Gasteiger partial charge is 0.323 e. The molecule has 1 heterocycles. The highest BCUT2D eigenvalue weighted by Gasteiger charge is 2.13. The minimum absolute atomic E-state index is 0.0661. The maximum Gasteiger partial charge on any atom is 0.246 e. The molecule has 0 bridgehead atoms. The van der Waals surface area contributed by atoms with E-state index in [1.54, 1.807) is 25.1 Å². The van der Waals surface area contributed by atoms with E-state index >= 15 is 0 Å². The number of nitrogens with one attached hydrogen (secondary N) is 1. The Morgan fingerprint density at radius 2 is 2.25 bits per heavy atom. The van der Waals surface area contributed by atoms with Gasteiger partial charge in [0, 0.05) is 0 Å². The van der Waals surface area contributed by atoms with Gasteiger partial charge in [0.25, 0.3) is 0 Å². The minimum atomic E-state index is -0.341. The van der Waals surface area contributed by atoms with Crippen molar-refractivity contribution in [2.45, 2.75) is 13.5 Å². The lowest BCUT2D eigenvalue weighted by Crippen LogP contribution is -2.20. The zero-order chi connectivity index (χ0) is 14.7. The summed E-state index contributed by atoms with van der Waals surface area (Å²) in [5, 5.41) is 19.4. The predicted octanol–water partition coefficient (Wildman–Crippen LogP) is 2.40. The van der Waals surface area contributed by atoms with Crippen molar-refractivity contribution in [1.29, 1.82) is 5.26 Å². The van der Waals surface area contributed by atoms with Crippen molar-refractivity contribution < 1.29 is 4.79 Å². The highest BCUT2D eigenvalue weighted by Crippen LogP contribution is 2.29. The molecule has 20 heavy (non-hydrogen) atoms. The Morgan fingerprint density at radius 3 is 2.90 bits per heavy atom. The highest BCUT2D eigenvalue weighted by molar-refractivity contribution is 6.43. The fraction of sp³-hybridized carbons (Fsp3) is 0.167. The Kier molecular flexibility index (Phi) is 4.23. The number of nitriles is 1. The molecule has 0 spiro atoms. The van der Waals surface area contributed by atoms with Crippen LogP contribution in [0.25, 0.3) is 0 Å². The lowest BCUT2D eigenvalue weighted by Gasteiger charge is -2.08. The van der Waals surface area contributed by atoms with Crippen molar-refractivity contribution in [1.82, 2.24) is 15.0 Å². The molecule has 0 aliphatic rings. The average Bonchev–Trinajstić information content (AvgIpc) is 2.76. The van der Waals surface area contributed by atoms with Gasteiger partial charge in [0.1, 0.15) is 12.6 Å². The molecule has 1 aromatic carbocycles.